The minimum absolute atomic E-state index is 0.0411. The number of cyclic esters (lactones) is 2. The lowest BCUT2D eigenvalue weighted by Crippen LogP contribution is -2.41. The summed E-state index contributed by atoms with van der Waals surface area (Å²) in [7, 11) is 0. The SMILES string of the molecule is CCC(C)C(=O)OC1CCC=C2C=CC(C)C(CCC3CC(OC(=O)OCCOCCOCCOCCOC(=O)OC4CC(=O)OC(CCC5C(C)C=CC6=CCCC(OC(=O)C(C)CC)C65)C4)CC(=O)O3)C21. The Morgan fingerprint density at radius 1 is 0.562 bits per heavy atom. The molecule has 14 atom stereocenters. The minimum Gasteiger partial charge on any atom is -0.462 e. The van der Waals surface area contributed by atoms with Gasteiger partial charge in [-0.3, -0.25) is 19.2 Å². The fourth-order valence-corrected chi connectivity index (χ4v) is 11.0. The van der Waals surface area contributed by atoms with Crippen molar-refractivity contribution in [2.24, 2.45) is 47.3 Å². The molecule has 2 fully saturated rings. The van der Waals surface area contributed by atoms with Crippen molar-refractivity contribution >= 4 is 36.2 Å². The van der Waals surface area contributed by atoms with E-state index in [4.69, 9.17) is 52.1 Å². The zero-order chi connectivity index (χ0) is 52.3. The molecule has 6 rings (SSSR count). The maximum atomic E-state index is 12.8. The maximum Gasteiger partial charge on any atom is 0.508 e. The highest BCUT2D eigenvalue weighted by molar-refractivity contribution is 5.73. The molecule has 17 heteroatoms. The molecule has 4 aliphatic carbocycles. The molecule has 0 aromatic rings. The summed E-state index contributed by atoms with van der Waals surface area (Å²) >= 11 is 0. The Bertz CT molecular complexity index is 1820. The summed E-state index contributed by atoms with van der Waals surface area (Å²) in [6.07, 6.45) is 17.1. The Balaban J connectivity index is 0.773. The van der Waals surface area contributed by atoms with Crippen molar-refractivity contribution in [2.45, 2.75) is 168 Å². The molecule has 0 aromatic heterocycles. The quantitative estimate of drug-likeness (QED) is 0.0450. The van der Waals surface area contributed by atoms with E-state index in [0.29, 0.717) is 25.7 Å². The zero-order valence-electron chi connectivity index (χ0n) is 44.0. The third-order valence-electron chi connectivity index (χ3n) is 15.5. The minimum atomic E-state index is -0.878. The summed E-state index contributed by atoms with van der Waals surface area (Å²) in [5, 5.41) is 0. The average Bonchev–Trinajstić information content (AvgIpc) is 3.36. The van der Waals surface area contributed by atoms with Crippen molar-refractivity contribution in [3.63, 3.8) is 0 Å². The molecule has 0 spiro atoms. The average molecular weight is 1030 g/mol. The standard InChI is InChI=1S/C56H82O17/c1-7-35(3)53(59)72-47-13-9-11-39-17-15-37(5)45(51(39)47)21-19-41-31-43(33-49(57)68-41)70-55(61)66-29-27-64-25-23-63-24-26-65-28-30-67-56(62)71-44-32-42(69-50(58)34-44)20-22-46-38(6)16-18-40-12-10-14-48(52(40)46)73-54(60)36(4)8-2/h11-12,15-18,35-38,41-48,51-52H,7-10,13-14,19-34H2,1-6H3. The molecule has 2 saturated heterocycles. The van der Waals surface area contributed by atoms with Crippen LogP contribution in [0.4, 0.5) is 9.59 Å². The molecular weight excluding hydrogens is 945 g/mol. The van der Waals surface area contributed by atoms with Gasteiger partial charge in [0, 0.05) is 24.7 Å². The molecule has 0 bridgehead atoms. The van der Waals surface area contributed by atoms with Crippen molar-refractivity contribution in [1.29, 1.82) is 0 Å². The first kappa shape index (κ1) is 57.5. The van der Waals surface area contributed by atoms with Crippen molar-refractivity contribution in [3.8, 4) is 0 Å². The van der Waals surface area contributed by atoms with Crippen LogP contribution in [0.1, 0.15) is 131 Å². The van der Waals surface area contributed by atoms with E-state index in [1.807, 2.05) is 27.7 Å². The summed E-state index contributed by atoms with van der Waals surface area (Å²) in [5.41, 5.74) is 2.41. The van der Waals surface area contributed by atoms with Crippen LogP contribution in [0.25, 0.3) is 0 Å². The van der Waals surface area contributed by atoms with E-state index < -0.39 is 48.7 Å². The lowest BCUT2D eigenvalue weighted by atomic mass is 9.66. The van der Waals surface area contributed by atoms with Gasteiger partial charge in [-0.25, -0.2) is 9.59 Å². The molecule has 0 radical (unpaired) electrons. The van der Waals surface area contributed by atoms with Crippen LogP contribution in [-0.2, 0) is 71.3 Å². The first-order valence-corrected chi connectivity index (χ1v) is 27.2. The summed E-state index contributed by atoms with van der Waals surface area (Å²) < 4.78 is 61.4. The van der Waals surface area contributed by atoms with Gasteiger partial charge in [0.15, 0.2) is 0 Å². The molecule has 0 N–H and O–H groups in total. The summed E-state index contributed by atoms with van der Waals surface area (Å²) in [6, 6.07) is 0. The highest BCUT2D eigenvalue weighted by atomic mass is 16.7. The lowest BCUT2D eigenvalue weighted by molar-refractivity contribution is -0.163. The number of carbonyl (C=O) groups is 6. The number of ether oxygens (including phenoxy) is 11. The highest BCUT2D eigenvalue weighted by Gasteiger charge is 2.43. The predicted octanol–water partition coefficient (Wildman–Crippen LogP) is 9.28. The number of carbonyl (C=O) groups excluding carboxylic acids is 6. The highest BCUT2D eigenvalue weighted by Crippen LogP contribution is 2.46. The van der Waals surface area contributed by atoms with Crippen molar-refractivity contribution in [3.05, 3.63) is 47.6 Å². The normalized spacial score (nSPS) is 30.4. The van der Waals surface area contributed by atoms with Gasteiger partial charge in [-0.05, 0) is 99.0 Å². The molecule has 2 heterocycles. The van der Waals surface area contributed by atoms with E-state index in [1.54, 1.807) is 0 Å². The third-order valence-corrected chi connectivity index (χ3v) is 15.5. The number of rotatable bonds is 26. The van der Waals surface area contributed by atoms with Crippen LogP contribution in [0.3, 0.4) is 0 Å². The second-order valence-corrected chi connectivity index (χ2v) is 20.7. The number of hydrogen-bond acceptors (Lipinski definition) is 17. The van der Waals surface area contributed by atoms with Gasteiger partial charge < -0.3 is 52.1 Å². The monoisotopic (exact) mass is 1030 g/mol. The zero-order valence-corrected chi connectivity index (χ0v) is 44.0. The van der Waals surface area contributed by atoms with E-state index in [2.05, 4.69) is 50.3 Å². The number of esters is 4. The van der Waals surface area contributed by atoms with Gasteiger partial charge in [0.1, 0.15) is 49.8 Å². The van der Waals surface area contributed by atoms with Crippen molar-refractivity contribution in [2.75, 3.05) is 52.9 Å². The topological polar surface area (TPSA) is 204 Å². The molecule has 14 unspecified atom stereocenters. The molecule has 73 heavy (non-hydrogen) atoms. The van der Waals surface area contributed by atoms with Crippen LogP contribution >= 0.6 is 0 Å². The van der Waals surface area contributed by atoms with Crippen molar-refractivity contribution < 1.29 is 80.9 Å². The van der Waals surface area contributed by atoms with Crippen LogP contribution < -0.4 is 0 Å². The molecule has 6 aliphatic rings. The lowest BCUT2D eigenvalue weighted by Gasteiger charge is -2.42. The van der Waals surface area contributed by atoms with E-state index in [-0.39, 0.29) is 137 Å². The Hall–Kier alpha value is -4.74. The van der Waals surface area contributed by atoms with Crippen LogP contribution in [0.5, 0.6) is 0 Å². The van der Waals surface area contributed by atoms with E-state index in [9.17, 15) is 28.8 Å². The van der Waals surface area contributed by atoms with Gasteiger partial charge in [0.25, 0.3) is 0 Å². The molecule has 408 valence electrons. The summed E-state index contributed by atoms with van der Waals surface area (Å²) in [6.45, 7) is 13.3. The summed E-state index contributed by atoms with van der Waals surface area (Å²) in [4.78, 5) is 75.7. The smallest absolute Gasteiger partial charge is 0.462 e. The number of hydrogen-bond donors (Lipinski definition) is 0. The van der Waals surface area contributed by atoms with Gasteiger partial charge in [0.05, 0.1) is 64.3 Å². The van der Waals surface area contributed by atoms with E-state index >= 15 is 0 Å². The van der Waals surface area contributed by atoms with Gasteiger partial charge >= 0.3 is 36.2 Å². The van der Waals surface area contributed by atoms with Gasteiger partial charge in [-0.15, -0.1) is 0 Å². The second-order valence-electron chi connectivity index (χ2n) is 20.7. The van der Waals surface area contributed by atoms with E-state index in [1.165, 1.54) is 11.1 Å². The number of allylic oxidation sites excluding steroid dienone is 6. The van der Waals surface area contributed by atoms with Gasteiger partial charge in [-0.1, -0.05) is 78.0 Å². The molecule has 0 aromatic carbocycles. The van der Waals surface area contributed by atoms with Crippen LogP contribution in [0, 0.1) is 47.3 Å². The van der Waals surface area contributed by atoms with E-state index in [0.717, 1.165) is 51.4 Å². The molecule has 17 nitrogen and oxygen atoms in total. The third kappa shape index (κ3) is 17.7. The fourth-order valence-electron chi connectivity index (χ4n) is 11.0. The Labute approximate surface area is 431 Å². The van der Waals surface area contributed by atoms with Gasteiger partial charge in [0.2, 0.25) is 0 Å². The first-order valence-electron chi connectivity index (χ1n) is 27.2. The molecule has 0 amide bonds. The predicted molar refractivity (Wildman–Crippen MR) is 265 cm³/mol. The van der Waals surface area contributed by atoms with Crippen LogP contribution in [0.15, 0.2) is 47.6 Å². The number of fused-ring (bicyclic) bond motifs is 2. The molecule has 2 aliphatic heterocycles. The van der Waals surface area contributed by atoms with Crippen molar-refractivity contribution in [1.82, 2.24) is 0 Å². The van der Waals surface area contributed by atoms with Crippen LogP contribution in [-0.4, -0.2) is 126 Å². The Kier molecular flexibility index (Phi) is 23.2. The van der Waals surface area contributed by atoms with Gasteiger partial charge in [-0.2, -0.15) is 0 Å². The fraction of sp³-hybridized carbons (Fsp3) is 0.750. The largest absolute Gasteiger partial charge is 0.508 e. The molecule has 0 saturated carbocycles. The van der Waals surface area contributed by atoms with Crippen LogP contribution in [0.2, 0.25) is 0 Å². The Morgan fingerprint density at radius 3 is 1.33 bits per heavy atom. The first-order chi connectivity index (χ1) is 35.2. The summed E-state index contributed by atoms with van der Waals surface area (Å²) in [5.74, 6) is -0.385. The Morgan fingerprint density at radius 2 is 0.945 bits per heavy atom. The maximum absolute atomic E-state index is 12.8. The molecular formula is C56H82O17. The second kappa shape index (κ2) is 29.4.